The fraction of sp³-hybridized carbons (Fsp3) is 0.625. The van der Waals surface area contributed by atoms with Crippen LogP contribution in [0.15, 0.2) is 17.0 Å². The third kappa shape index (κ3) is 3.15. The number of aryl methyl sites for hydroxylation is 1. The van der Waals surface area contributed by atoms with Gasteiger partial charge in [-0.2, -0.15) is 4.31 Å². The lowest BCUT2D eigenvalue weighted by Gasteiger charge is -2.36. The van der Waals surface area contributed by atoms with Crippen molar-refractivity contribution in [2.24, 2.45) is 5.92 Å². The van der Waals surface area contributed by atoms with Crippen molar-refractivity contribution >= 4 is 10.0 Å². The number of aliphatic hydroxyl groups excluding tert-OH is 1. The Balaban J connectivity index is 2.51. The van der Waals surface area contributed by atoms with Crippen LogP contribution in [-0.2, 0) is 16.6 Å². The van der Waals surface area contributed by atoms with E-state index < -0.39 is 10.0 Å². The van der Waals surface area contributed by atoms with Crippen molar-refractivity contribution in [3.8, 4) is 0 Å². The average Bonchev–Trinajstić information content (AvgIpc) is 2.43. The minimum absolute atomic E-state index is 0.0312. The second kappa shape index (κ2) is 6.07. The third-order valence-corrected chi connectivity index (χ3v) is 6.62. The van der Waals surface area contributed by atoms with E-state index in [4.69, 9.17) is 0 Å². The summed E-state index contributed by atoms with van der Waals surface area (Å²) in [7, 11) is -3.51. The van der Waals surface area contributed by atoms with Crippen LogP contribution in [0.3, 0.4) is 0 Å². The van der Waals surface area contributed by atoms with E-state index in [2.05, 4.69) is 6.92 Å². The molecule has 1 fully saturated rings. The van der Waals surface area contributed by atoms with E-state index in [1.807, 2.05) is 26.8 Å². The van der Waals surface area contributed by atoms with Crippen molar-refractivity contribution in [3.05, 3.63) is 28.8 Å². The Bertz CT molecular complexity index is 625. The zero-order valence-corrected chi connectivity index (χ0v) is 14.1. The second-order valence-electron chi connectivity index (χ2n) is 6.30. The highest BCUT2D eigenvalue weighted by Gasteiger charge is 2.34. The van der Waals surface area contributed by atoms with Gasteiger partial charge in [0.05, 0.1) is 11.5 Å². The Labute approximate surface area is 127 Å². The summed E-state index contributed by atoms with van der Waals surface area (Å²) in [6.07, 6.45) is 1.97. The molecule has 1 N–H and O–H groups in total. The Hall–Kier alpha value is -0.910. The number of sulfonamides is 1. The molecule has 1 aromatic carbocycles. The van der Waals surface area contributed by atoms with Gasteiger partial charge in [-0.15, -0.1) is 0 Å². The van der Waals surface area contributed by atoms with Crippen LogP contribution in [0.4, 0.5) is 0 Å². The molecule has 0 aliphatic carbocycles. The minimum Gasteiger partial charge on any atom is -0.392 e. The van der Waals surface area contributed by atoms with Gasteiger partial charge in [-0.1, -0.05) is 13.0 Å². The number of piperidine rings is 1. The first-order valence-electron chi connectivity index (χ1n) is 7.50. The number of aliphatic hydroxyl groups is 1. The van der Waals surface area contributed by atoms with Crippen LogP contribution in [0, 0.1) is 19.8 Å². The fourth-order valence-electron chi connectivity index (χ4n) is 2.97. The topological polar surface area (TPSA) is 57.6 Å². The standard InChI is InChI=1S/C16H25NO3S/c1-11-5-6-13(3)17(9-11)21(19,20)16-8-15(10-18)7-12(2)14(16)4/h7-8,11,13,18H,5-6,9-10H2,1-4H3. The van der Waals surface area contributed by atoms with Crippen LogP contribution < -0.4 is 0 Å². The molecule has 0 bridgehead atoms. The maximum atomic E-state index is 13.0. The van der Waals surface area contributed by atoms with Crippen LogP contribution >= 0.6 is 0 Å². The highest BCUT2D eigenvalue weighted by atomic mass is 32.2. The molecule has 0 saturated carbocycles. The number of nitrogens with zero attached hydrogens (tertiary/aromatic N) is 1. The highest BCUT2D eigenvalue weighted by molar-refractivity contribution is 7.89. The Morgan fingerprint density at radius 3 is 2.52 bits per heavy atom. The summed E-state index contributed by atoms with van der Waals surface area (Å²) in [6.45, 7) is 8.22. The average molecular weight is 311 g/mol. The second-order valence-corrected chi connectivity index (χ2v) is 8.16. The molecule has 1 aliphatic rings. The molecule has 21 heavy (non-hydrogen) atoms. The molecule has 118 valence electrons. The zero-order chi connectivity index (χ0) is 15.8. The molecule has 5 heteroatoms. The van der Waals surface area contributed by atoms with Gasteiger partial charge < -0.3 is 5.11 Å². The van der Waals surface area contributed by atoms with E-state index in [-0.39, 0.29) is 12.6 Å². The Morgan fingerprint density at radius 2 is 1.90 bits per heavy atom. The van der Waals surface area contributed by atoms with Gasteiger partial charge in [0, 0.05) is 12.6 Å². The zero-order valence-electron chi connectivity index (χ0n) is 13.3. The molecular weight excluding hydrogens is 286 g/mol. The largest absolute Gasteiger partial charge is 0.392 e. The van der Waals surface area contributed by atoms with Crippen molar-refractivity contribution in [1.82, 2.24) is 4.31 Å². The van der Waals surface area contributed by atoms with Gasteiger partial charge in [0.15, 0.2) is 0 Å². The Kier molecular flexibility index (Phi) is 4.76. The van der Waals surface area contributed by atoms with E-state index in [0.717, 1.165) is 24.0 Å². The van der Waals surface area contributed by atoms with Gasteiger partial charge in [0.25, 0.3) is 0 Å². The lowest BCUT2D eigenvalue weighted by molar-refractivity contribution is 0.218. The number of hydrogen-bond acceptors (Lipinski definition) is 3. The number of hydrogen-bond donors (Lipinski definition) is 1. The van der Waals surface area contributed by atoms with Crippen molar-refractivity contribution in [3.63, 3.8) is 0 Å². The Morgan fingerprint density at radius 1 is 1.24 bits per heavy atom. The van der Waals surface area contributed by atoms with Crippen LogP contribution in [0.25, 0.3) is 0 Å². The highest BCUT2D eigenvalue weighted by Crippen LogP contribution is 2.30. The van der Waals surface area contributed by atoms with Gasteiger partial charge in [0.1, 0.15) is 0 Å². The van der Waals surface area contributed by atoms with Gasteiger partial charge in [-0.3, -0.25) is 0 Å². The molecule has 2 unspecified atom stereocenters. The summed E-state index contributed by atoms with van der Waals surface area (Å²) in [5.41, 5.74) is 2.32. The molecule has 4 nitrogen and oxygen atoms in total. The molecule has 0 spiro atoms. The summed E-state index contributed by atoms with van der Waals surface area (Å²) in [5.74, 6) is 0.387. The van der Waals surface area contributed by atoms with E-state index >= 15 is 0 Å². The minimum atomic E-state index is -3.51. The summed E-state index contributed by atoms with van der Waals surface area (Å²) < 4.78 is 27.7. The molecular formula is C16H25NO3S. The van der Waals surface area contributed by atoms with E-state index in [1.165, 1.54) is 0 Å². The maximum Gasteiger partial charge on any atom is 0.243 e. The third-order valence-electron chi connectivity index (χ3n) is 4.51. The van der Waals surface area contributed by atoms with Gasteiger partial charge >= 0.3 is 0 Å². The fourth-order valence-corrected chi connectivity index (χ4v) is 5.10. The molecule has 0 amide bonds. The van der Waals surface area contributed by atoms with Crippen LogP contribution in [-0.4, -0.2) is 30.4 Å². The summed E-state index contributed by atoms with van der Waals surface area (Å²) in [5, 5.41) is 9.34. The lowest BCUT2D eigenvalue weighted by atomic mass is 9.97. The van der Waals surface area contributed by atoms with E-state index in [1.54, 1.807) is 10.4 Å². The number of benzene rings is 1. The van der Waals surface area contributed by atoms with Crippen molar-refractivity contribution in [1.29, 1.82) is 0 Å². The molecule has 1 saturated heterocycles. The molecule has 0 aromatic heterocycles. The van der Waals surface area contributed by atoms with Crippen molar-refractivity contribution < 1.29 is 13.5 Å². The van der Waals surface area contributed by atoms with Gasteiger partial charge in [0.2, 0.25) is 10.0 Å². The predicted molar refractivity (Wildman–Crippen MR) is 83.6 cm³/mol. The molecule has 1 aliphatic heterocycles. The molecule has 2 atom stereocenters. The van der Waals surface area contributed by atoms with Crippen molar-refractivity contribution in [2.75, 3.05) is 6.54 Å². The monoisotopic (exact) mass is 311 g/mol. The van der Waals surface area contributed by atoms with Gasteiger partial charge in [-0.25, -0.2) is 8.42 Å². The normalized spacial score (nSPS) is 24.2. The molecule has 0 radical (unpaired) electrons. The van der Waals surface area contributed by atoms with E-state index in [0.29, 0.717) is 22.9 Å². The maximum absolute atomic E-state index is 13.0. The number of rotatable bonds is 3. The molecule has 2 rings (SSSR count). The summed E-state index contributed by atoms with van der Waals surface area (Å²) >= 11 is 0. The van der Waals surface area contributed by atoms with Crippen LogP contribution in [0.1, 0.15) is 43.4 Å². The SMILES string of the molecule is Cc1cc(CO)cc(S(=O)(=O)N2CC(C)CCC2C)c1C. The van der Waals surface area contributed by atoms with Crippen LogP contribution in [0.2, 0.25) is 0 Å². The van der Waals surface area contributed by atoms with Crippen LogP contribution in [0.5, 0.6) is 0 Å². The first kappa shape index (κ1) is 16.5. The van der Waals surface area contributed by atoms with Gasteiger partial charge in [-0.05, 0) is 62.3 Å². The molecule has 1 aromatic rings. The lowest BCUT2D eigenvalue weighted by Crippen LogP contribution is -2.45. The van der Waals surface area contributed by atoms with Crippen molar-refractivity contribution in [2.45, 2.75) is 58.1 Å². The first-order valence-corrected chi connectivity index (χ1v) is 8.94. The first-order chi connectivity index (χ1) is 9.77. The van der Waals surface area contributed by atoms with E-state index in [9.17, 15) is 13.5 Å². The summed E-state index contributed by atoms with van der Waals surface area (Å²) in [6, 6.07) is 3.49. The predicted octanol–water partition coefficient (Wildman–Crippen LogP) is 2.60. The summed E-state index contributed by atoms with van der Waals surface area (Å²) in [4.78, 5) is 0.340. The smallest absolute Gasteiger partial charge is 0.243 e. The molecule has 1 heterocycles. The quantitative estimate of drug-likeness (QED) is 0.933.